The highest BCUT2D eigenvalue weighted by atomic mass is 32.1. The number of aryl methyl sites for hydroxylation is 2. The molecule has 0 bridgehead atoms. The molecule has 1 atom stereocenters. The van der Waals surface area contributed by atoms with Crippen LogP contribution in [0.15, 0.2) is 42.5 Å². The van der Waals surface area contributed by atoms with Crippen molar-refractivity contribution in [1.29, 1.82) is 0 Å². The number of fused-ring (bicyclic) bond motifs is 1. The number of rotatable bonds is 3. The van der Waals surface area contributed by atoms with E-state index in [1.165, 1.54) is 17.2 Å². The lowest BCUT2D eigenvalue weighted by Crippen LogP contribution is -2.28. The highest BCUT2D eigenvalue weighted by molar-refractivity contribution is 7.19. The predicted molar refractivity (Wildman–Crippen MR) is 86.9 cm³/mol. The summed E-state index contributed by atoms with van der Waals surface area (Å²) >= 11 is 1.57. The summed E-state index contributed by atoms with van der Waals surface area (Å²) in [5, 5.41) is 1.04. The van der Waals surface area contributed by atoms with Gasteiger partial charge < -0.3 is 0 Å². The second-order valence-corrected chi connectivity index (χ2v) is 6.41. The fourth-order valence-corrected chi connectivity index (χ4v) is 3.73. The van der Waals surface area contributed by atoms with Crippen LogP contribution in [0, 0.1) is 19.7 Å². The fourth-order valence-electron chi connectivity index (χ4n) is 2.56. The van der Waals surface area contributed by atoms with Gasteiger partial charge in [-0.25, -0.2) is 9.82 Å². The Morgan fingerprint density at radius 1 is 1.10 bits per heavy atom. The summed E-state index contributed by atoms with van der Waals surface area (Å²) in [7, 11) is 0. The molecule has 0 aliphatic rings. The normalized spacial score (nSPS) is 12.8. The highest BCUT2D eigenvalue weighted by Gasteiger charge is 2.17. The molecule has 0 radical (unpaired) electrons. The third-order valence-corrected chi connectivity index (χ3v) is 4.86. The van der Waals surface area contributed by atoms with Gasteiger partial charge in [-0.15, -0.1) is 11.3 Å². The maximum Gasteiger partial charge on any atom is 0.124 e. The zero-order valence-corrected chi connectivity index (χ0v) is 12.8. The van der Waals surface area contributed by atoms with Crippen molar-refractivity contribution in [3.63, 3.8) is 0 Å². The van der Waals surface area contributed by atoms with Gasteiger partial charge in [0.25, 0.3) is 0 Å². The molecule has 3 rings (SSSR count). The van der Waals surface area contributed by atoms with E-state index >= 15 is 0 Å². The smallest absolute Gasteiger partial charge is 0.124 e. The first-order chi connectivity index (χ1) is 10.1. The number of nitrogens with two attached hydrogens (primary N) is 1. The summed E-state index contributed by atoms with van der Waals surface area (Å²) in [6.07, 6.45) is 0. The molecule has 3 N–H and O–H groups in total. The monoisotopic (exact) mass is 300 g/mol. The predicted octanol–water partition coefficient (Wildman–Crippen LogP) is 4.21. The first kappa shape index (κ1) is 14.2. The lowest BCUT2D eigenvalue weighted by Gasteiger charge is -2.17. The molecule has 1 unspecified atom stereocenters. The first-order valence-electron chi connectivity index (χ1n) is 6.81. The van der Waals surface area contributed by atoms with Gasteiger partial charge in [0.2, 0.25) is 0 Å². The quantitative estimate of drug-likeness (QED) is 0.561. The largest absolute Gasteiger partial charge is 0.271 e. The number of thiophene rings is 1. The maximum absolute atomic E-state index is 13.3. The lowest BCUT2D eigenvalue weighted by atomic mass is 9.98. The number of benzene rings is 2. The van der Waals surface area contributed by atoms with Crippen LogP contribution in [0.2, 0.25) is 0 Å². The molecule has 4 heteroatoms. The molecule has 21 heavy (non-hydrogen) atoms. The van der Waals surface area contributed by atoms with Gasteiger partial charge in [-0.05, 0) is 48.6 Å². The van der Waals surface area contributed by atoms with E-state index in [-0.39, 0.29) is 11.9 Å². The zero-order chi connectivity index (χ0) is 15.0. The van der Waals surface area contributed by atoms with Crippen LogP contribution in [0.1, 0.15) is 27.6 Å². The van der Waals surface area contributed by atoms with Crippen LogP contribution in [0.4, 0.5) is 4.39 Å². The number of hydrazine groups is 1. The van der Waals surface area contributed by atoms with Crippen molar-refractivity contribution >= 4 is 21.4 Å². The van der Waals surface area contributed by atoms with Crippen molar-refractivity contribution in [3.05, 3.63) is 69.8 Å². The van der Waals surface area contributed by atoms with E-state index in [4.69, 9.17) is 5.84 Å². The molecule has 3 aromatic rings. The zero-order valence-electron chi connectivity index (χ0n) is 12.0. The van der Waals surface area contributed by atoms with Crippen LogP contribution in [-0.2, 0) is 0 Å². The summed E-state index contributed by atoms with van der Waals surface area (Å²) in [5.74, 6) is 5.58. The molecule has 0 fully saturated rings. The Balaban J connectivity index is 2.11. The fraction of sp³-hybridized carbons (Fsp3) is 0.176. The van der Waals surface area contributed by atoms with Crippen LogP contribution in [0.3, 0.4) is 0 Å². The van der Waals surface area contributed by atoms with Gasteiger partial charge in [-0.2, -0.15) is 0 Å². The van der Waals surface area contributed by atoms with Crippen LogP contribution in [0.25, 0.3) is 10.1 Å². The highest BCUT2D eigenvalue weighted by Crippen LogP contribution is 2.34. The number of halogens is 1. The third-order valence-electron chi connectivity index (χ3n) is 3.70. The van der Waals surface area contributed by atoms with Crippen molar-refractivity contribution in [2.45, 2.75) is 19.9 Å². The average molecular weight is 300 g/mol. The number of hydrogen-bond acceptors (Lipinski definition) is 3. The minimum atomic E-state index is -0.208. The van der Waals surface area contributed by atoms with E-state index in [0.717, 1.165) is 20.5 Å². The second-order valence-electron chi connectivity index (χ2n) is 5.29. The van der Waals surface area contributed by atoms with Crippen LogP contribution in [-0.4, -0.2) is 0 Å². The van der Waals surface area contributed by atoms with Crippen LogP contribution in [0.5, 0.6) is 0 Å². The van der Waals surface area contributed by atoms with Crippen molar-refractivity contribution in [3.8, 4) is 0 Å². The van der Waals surface area contributed by atoms with E-state index in [9.17, 15) is 4.39 Å². The lowest BCUT2D eigenvalue weighted by molar-refractivity contribution is 0.630. The Hall–Kier alpha value is -1.75. The molecule has 0 saturated heterocycles. The first-order valence-corrected chi connectivity index (χ1v) is 7.62. The summed E-state index contributed by atoms with van der Waals surface area (Å²) in [5.41, 5.74) is 6.44. The molecular weight excluding hydrogens is 283 g/mol. The van der Waals surface area contributed by atoms with Gasteiger partial charge in [0.1, 0.15) is 5.82 Å². The molecule has 1 heterocycles. The SMILES string of the molecule is Cc1ccc(C)c(C(NN)c2cc3ccc(F)cc3s2)c1. The van der Waals surface area contributed by atoms with Crippen molar-refractivity contribution in [2.24, 2.45) is 5.84 Å². The molecule has 0 aliphatic carbocycles. The van der Waals surface area contributed by atoms with Gasteiger partial charge in [0, 0.05) is 9.58 Å². The standard InChI is InChI=1S/C17H17FN2S/c1-10-3-4-11(2)14(7-10)17(20-19)16-8-12-5-6-13(18)9-15(12)21-16/h3-9,17,20H,19H2,1-2H3. The van der Waals surface area contributed by atoms with E-state index in [1.54, 1.807) is 23.5 Å². The summed E-state index contributed by atoms with van der Waals surface area (Å²) in [4.78, 5) is 1.09. The van der Waals surface area contributed by atoms with E-state index in [2.05, 4.69) is 43.5 Å². The molecule has 2 aromatic carbocycles. The Morgan fingerprint density at radius 2 is 1.90 bits per heavy atom. The van der Waals surface area contributed by atoms with Crippen molar-refractivity contribution in [1.82, 2.24) is 5.43 Å². The van der Waals surface area contributed by atoms with Crippen LogP contribution >= 0.6 is 11.3 Å². The van der Waals surface area contributed by atoms with Gasteiger partial charge >= 0.3 is 0 Å². The van der Waals surface area contributed by atoms with E-state index < -0.39 is 0 Å². The summed E-state index contributed by atoms with van der Waals surface area (Å²) in [6.45, 7) is 4.14. The van der Waals surface area contributed by atoms with E-state index in [0.29, 0.717) is 0 Å². The molecule has 0 saturated carbocycles. The minimum Gasteiger partial charge on any atom is -0.271 e. The topological polar surface area (TPSA) is 38.0 Å². The van der Waals surface area contributed by atoms with E-state index in [1.807, 2.05) is 0 Å². The Labute approximate surface area is 127 Å². The summed E-state index contributed by atoms with van der Waals surface area (Å²) in [6, 6.07) is 13.2. The van der Waals surface area contributed by atoms with Gasteiger partial charge in [0.15, 0.2) is 0 Å². The van der Waals surface area contributed by atoms with Crippen molar-refractivity contribution in [2.75, 3.05) is 0 Å². The Bertz CT molecular complexity index is 795. The molecule has 0 spiro atoms. The van der Waals surface area contributed by atoms with Gasteiger partial charge in [-0.1, -0.05) is 29.8 Å². The number of nitrogens with one attached hydrogen (secondary N) is 1. The molecule has 0 amide bonds. The third kappa shape index (κ3) is 2.70. The van der Waals surface area contributed by atoms with Gasteiger partial charge in [0.05, 0.1) is 6.04 Å². The number of hydrogen-bond donors (Lipinski definition) is 2. The molecule has 1 aromatic heterocycles. The van der Waals surface area contributed by atoms with Crippen LogP contribution < -0.4 is 11.3 Å². The summed E-state index contributed by atoms with van der Waals surface area (Å²) < 4.78 is 14.3. The maximum atomic E-state index is 13.3. The van der Waals surface area contributed by atoms with Crippen molar-refractivity contribution < 1.29 is 4.39 Å². The Kier molecular flexibility index (Phi) is 3.76. The van der Waals surface area contributed by atoms with Gasteiger partial charge in [-0.3, -0.25) is 5.84 Å². The minimum absolute atomic E-state index is 0.0784. The molecule has 2 nitrogen and oxygen atoms in total. The Morgan fingerprint density at radius 3 is 2.67 bits per heavy atom. The second kappa shape index (κ2) is 5.56. The molecular formula is C17H17FN2S. The molecule has 108 valence electrons. The average Bonchev–Trinajstić information content (AvgIpc) is 2.86. The molecule has 0 aliphatic heterocycles.